The zero-order chi connectivity index (χ0) is 33.9. The Morgan fingerprint density at radius 3 is 2.73 bits per heavy atom. The number of hydrogen-bond donors (Lipinski definition) is 5. The van der Waals surface area contributed by atoms with Crippen LogP contribution in [-0.2, 0) is 35.0 Å². The third-order valence-electron chi connectivity index (χ3n) is 9.26. The third kappa shape index (κ3) is 5.40. The number of aryl methyl sites for hydroxylation is 1. The number of aliphatic hydroxyl groups excluding tert-OH is 3. The van der Waals surface area contributed by atoms with Crippen LogP contribution in [0.1, 0.15) is 28.4 Å². The number of cyclic esters (lactones) is 2. The zero-order valence-electron chi connectivity index (χ0n) is 26.1. The summed E-state index contributed by atoms with van der Waals surface area (Å²) in [5, 5.41) is 46.0. The highest BCUT2D eigenvalue weighted by atomic mass is 16.8. The molecule has 10 atom stereocenters. The van der Waals surface area contributed by atoms with Gasteiger partial charge in [-0.25, -0.2) is 9.59 Å². The SMILES string of the molecule is CNC1[C@@H](O[C@@H]2/C3=C/C#C[C@H]4O[C@@]4([C@H]4COC(=O)O4)C#CC3=C[C@H]2OC(=O)c2c(O)ccc3c(C)cc(CO)cc23)OC(C)[C@H](O)[C@H]1O. The molecule has 13 heteroatoms. The van der Waals surface area contributed by atoms with E-state index in [1.165, 1.54) is 6.07 Å². The molecule has 0 amide bonds. The van der Waals surface area contributed by atoms with Crippen LogP contribution in [0.15, 0.2) is 47.6 Å². The second-order valence-corrected chi connectivity index (χ2v) is 12.2. The Kier molecular flexibility index (Phi) is 8.18. The number of esters is 1. The number of phenols is 1. The Bertz CT molecular complexity index is 1880. The summed E-state index contributed by atoms with van der Waals surface area (Å²) in [4.78, 5) is 25.6. The van der Waals surface area contributed by atoms with Gasteiger partial charge in [-0.1, -0.05) is 35.8 Å². The molecular weight excluding hydrogens is 626 g/mol. The first-order valence-corrected chi connectivity index (χ1v) is 15.4. The van der Waals surface area contributed by atoms with Gasteiger partial charge in [0.25, 0.3) is 0 Å². The number of carbonyl (C=O) groups excluding carboxylic acids is 2. The molecule has 0 spiro atoms. The van der Waals surface area contributed by atoms with E-state index in [0.717, 1.165) is 5.56 Å². The number of ether oxygens (including phenoxy) is 6. The number of fused-ring (bicyclic) bond motifs is 3. The van der Waals surface area contributed by atoms with Gasteiger partial charge in [0.15, 0.2) is 24.6 Å². The van der Waals surface area contributed by atoms with Crippen LogP contribution in [0.3, 0.4) is 0 Å². The number of rotatable bonds is 7. The Hall–Kier alpha value is -4.44. The molecule has 13 nitrogen and oxygen atoms in total. The van der Waals surface area contributed by atoms with Crippen LogP contribution in [0.4, 0.5) is 4.79 Å². The van der Waals surface area contributed by atoms with Crippen molar-refractivity contribution in [2.24, 2.45) is 0 Å². The van der Waals surface area contributed by atoms with Gasteiger partial charge in [0.1, 0.15) is 36.2 Å². The first kappa shape index (κ1) is 32.1. The number of carbonyl (C=O) groups is 2. The molecule has 2 aromatic rings. The fraction of sp³-hybridized carbons (Fsp3) is 0.429. The molecule has 2 aliphatic carbocycles. The average molecular weight is 660 g/mol. The Morgan fingerprint density at radius 2 is 2.00 bits per heavy atom. The molecule has 3 fully saturated rings. The van der Waals surface area contributed by atoms with Gasteiger partial charge in [0.05, 0.1) is 18.8 Å². The Labute approximate surface area is 275 Å². The summed E-state index contributed by atoms with van der Waals surface area (Å²) in [5.41, 5.74) is 0.848. The van der Waals surface area contributed by atoms with E-state index in [1.807, 2.05) is 6.92 Å². The maximum atomic E-state index is 14.0. The number of hydrogen-bond acceptors (Lipinski definition) is 13. The van der Waals surface area contributed by atoms with Crippen molar-refractivity contribution >= 4 is 22.9 Å². The first-order valence-electron chi connectivity index (χ1n) is 15.4. The van der Waals surface area contributed by atoms with Gasteiger partial charge in [-0.2, -0.15) is 0 Å². The van der Waals surface area contributed by atoms with Crippen molar-refractivity contribution in [1.82, 2.24) is 5.32 Å². The zero-order valence-corrected chi connectivity index (χ0v) is 26.1. The number of allylic oxidation sites excluding steroid dienone is 1. The number of aliphatic hydroxyl groups is 3. The summed E-state index contributed by atoms with van der Waals surface area (Å²) in [7, 11) is 1.58. The van der Waals surface area contributed by atoms with E-state index >= 15 is 0 Å². The lowest BCUT2D eigenvalue weighted by molar-refractivity contribution is -0.273. The van der Waals surface area contributed by atoms with Crippen LogP contribution in [0.2, 0.25) is 0 Å². The van der Waals surface area contributed by atoms with Gasteiger partial charge in [0, 0.05) is 16.5 Å². The van der Waals surface area contributed by atoms with Crippen LogP contribution in [0.25, 0.3) is 10.8 Å². The number of nitrogens with one attached hydrogen (secondary N) is 1. The van der Waals surface area contributed by atoms with Crippen molar-refractivity contribution in [2.75, 3.05) is 13.7 Å². The molecule has 250 valence electrons. The maximum absolute atomic E-state index is 14.0. The van der Waals surface area contributed by atoms with E-state index in [2.05, 4.69) is 29.0 Å². The van der Waals surface area contributed by atoms with Gasteiger partial charge >= 0.3 is 12.1 Å². The van der Waals surface area contributed by atoms with E-state index in [9.17, 15) is 30.0 Å². The first-order chi connectivity index (χ1) is 23.0. The van der Waals surface area contributed by atoms with E-state index in [4.69, 9.17) is 28.4 Å². The van der Waals surface area contributed by atoms with Gasteiger partial charge in [-0.15, -0.1) is 0 Å². The van der Waals surface area contributed by atoms with Crippen molar-refractivity contribution in [1.29, 1.82) is 0 Å². The summed E-state index contributed by atoms with van der Waals surface area (Å²) < 4.78 is 34.5. The normalized spacial score (nSPS) is 35.8. The van der Waals surface area contributed by atoms with Gasteiger partial charge in [-0.05, 0) is 61.7 Å². The molecule has 2 aromatic carbocycles. The lowest BCUT2D eigenvalue weighted by Crippen LogP contribution is -2.62. The molecule has 5 N–H and O–H groups in total. The van der Waals surface area contributed by atoms with Gasteiger partial charge in [0.2, 0.25) is 5.60 Å². The number of aromatic hydroxyl groups is 1. The quantitative estimate of drug-likeness (QED) is 0.160. The molecule has 0 aromatic heterocycles. The average Bonchev–Trinajstić information content (AvgIpc) is 3.39. The second-order valence-electron chi connectivity index (χ2n) is 12.2. The lowest BCUT2D eigenvalue weighted by Gasteiger charge is -2.42. The van der Waals surface area contributed by atoms with E-state index in [-0.39, 0.29) is 24.5 Å². The topological polar surface area (TPSA) is 186 Å². The number of benzene rings is 2. The van der Waals surface area contributed by atoms with E-state index < -0.39 is 72.8 Å². The molecule has 7 rings (SSSR count). The van der Waals surface area contributed by atoms with Crippen molar-refractivity contribution in [3.8, 4) is 29.4 Å². The molecule has 0 saturated carbocycles. The lowest BCUT2D eigenvalue weighted by atomic mass is 9.97. The minimum atomic E-state index is -1.25. The van der Waals surface area contributed by atoms with Crippen LogP contribution in [-0.4, -0.2) is 107 Å². The highest BCUT2D eigenvalue weighted by Gasteiger charge is 2.65. The molecular formula is C35H33NO12. The monoisotopic (exact) mass is 659 g/mol. The van der Waals surface area contributed by atoms with Crippen LogP contribution in [0, 0.1) is 30.6 Å². The van der Waals surface area contributed by atoms with Crippen molar-refractivity contribution in [3.05, 3.63) is 64.3 Å². The summed E-state index contributed by atoms with van der Waals surface area (Å²) in [6.45, 7) is 3.10. The van der Waals surface area contributed by atoms with Gasteiger partial charge in [-0.3, -0.25) is 0 Å². The molecule has 5 aliphatic rings. The van der Waals surface area contributed by atoms with Crippen LogP contribution < -0.4 is 5.32 Å². The minimum absolute atomic E-state index is 0.0558. The minimum Gasteiger partial charge on any atom is -0.507 e. The van der Waals surface area contributed by atoms with Crippen LogP contribution >= 0.6 is 0 Å². The summed E-state index contributed by atoms with van der Waals surface area (Å²) in [5.74, 6) is 10.9. The third-order valence-corrected chi connectivity index (χ3v) is 9.26. The standard InChI is InChI=1S/C35H33NO12/c1-16-11-18(14-37)12-22-20(16)7-8-23(38)27(22)32(41)45-24-13-19-9-10-35(26-15-43-34(42)46-26)25(48-35)6-4-5-21(19)31(24)47-33-28(36-3)30(40)29(39)17(2)44-33/h5,7-8,11-13,17,24-26,28-31,33,36-40H,14-15H2,1-3H3/b21-5+/t17?,24-,25-,26-,28?,29+,30+,31-,33-,35+/m1/s1. The number of epoxide rings is 1. The summed E-state index contributed by atoms with van der Waals surface area (Å²) in [6, 6.07) is 5.63. The largest absolute Gasteiger partial charge is 0.508 e. The number of likely N-dealkylation sites (N-methyl/N-ethyl adjacent to an activating group) is 1. The van der Waals surface area contributed by atoms with Crippen molar-refractivity contribution in [2.45, 2.75) is 81.1 Å². The predicted octanol–water partition coefficient (Wildman–Crippen LogP) is 0.871. The molecule has 0 radical (unpaired) electrons. The number of phenolic OH excluding ortho intramolecular Hbond substituents is 1. The Balaban J connectivity index is 1.27. The smallest absolute Gasteiger partial charge is 0.507 e. The molecule has 3 aliphatic heterocycles. The van der Waals surface area contributed by atoms with E-state index in [1.54, 1.807) is 44.3 Å². The maximum Gasteiger partial charge on any atom is 0.508 e. The fourth-order valence-electron chi connectivity index (χ4n) is 6.58. The molecule has 3 saturated heterocycles. The van der Waals surface area contributed by atoms with Crippen molar-refractivity contribution in [3.63, 3.8) is 0 Å². The summed E-state index contributed by atoms with van der Waals surface area (Å²) in [6.07, 6.45) is -5.68. The molecule has 48 heavy (non-hydrogen) atoms. The summed E-state index contributed by atoms with van der Waals surface area (Å²) >= 11 is 0. The predicted molar refractivity (Wildman–Crippen MR) is 165 cm³/mol. The highest BCUT2D eigenvalue weighted by Crippen LogP contribution is 2.44. The van der Waals surface area contributed by atoms with Crippen LogP contribution in [0.5, 0.6) is 5.75 Å². The second kappa shape index (κ2) is 12.2. The molecule has 3 heterocycles. The van der Waals surface area contributed by atoms with E-state index in [0.29, 0.717) is 27.5 Å². The highest BCUT2D eigenvalue weighted by molar-refractivity contribution is 6.08. The molecule has 0 bridgehead atoms. The Morgan fingerprint density at radius 1 is 1.19 bits per heavy atom. The van der Waals surface area contributed by atoms with Crippen molar-refractivity contribution < 1.29 is 58.4 Å². The van der Waals surface area contributed by atoms with Gasteiger partial charge < -0.3 is 54.2 Å². The molecule has 2 unspecified atom stereocenters. The fourth-order valence-corrected chi connectivity index (χ4v) is 6.58.